The standard InChI is InChI=1S/C14H16N4O/c1-10(11-5-3-2-4-6-11)17-14(19)12-9-16-8-7-13(12)18-15/h2-10H,15H2,1H3,(H,16,18)(H,17,19). The summed E-state index contributed by atoms with van der Waals surface area (Å²) in [7, 11) is 0. The molecule has 19 heavy (non-hydrogen) atoms. The van der Waals surface area contributed by atoms with E-state index in [0.717, 1.165) is 5.56 Å². The maximum Gasteiger partial charge on any atom is 0.255 e. The zero-order valence-corrected chi connectivity index (χ0v) is 10.6. The van der Waals surface area contributed by atoms with E-state index in [0.29, 0.717) is 11.3 Å². The number of nitrogens with zero attached hydrogens (tertiary/aromatic N) is 1. The molecule has 0 fully saturated rings. The number of nitrogens with two attached hydrogens (primary N) is 1. The van der Waals surface area contributed by atoms with Gasteiger partial charge >= 0.3 is 0 Å². The minimum atomic E-state index is -0.211. The van der Waals surface area contributed by atoms with Crippen molar-refractivity contribution in [2.45, 2.75) is 13.0 Å². The summed E-state index contributed by atoms with van der Waals surface area (Å²) < 4.78 is 0. The predicted octanol–water partition coefficient (Wildman–Crippen LogP) is 1.86. The third-order valence-electron chi connectivity index (χ3n) is 2.87. The monoisotopic (exact) mass is 256 g/mol. The first-order valence-electron chi connectivity index (χ1n) is 5.99. The quantitative estimate of drug-likeness (QED) is 0.576. The first-order valence-corrected chi connectivity index (χ1v) is 5.99. The van der Waals surface area contributed by atoms with Gasteiger partial charge in [0.1, 0.15) is 0 Å². The van der Waals surface area contributed by atoms with Gasteiger partial charge in [0, 0.05) is 12.4 Å². The molecule has 1 aromatic heterocycles. The topological polar surface area (TPSA) is 80.0 Å². The fourth-order valence-corrected chi connectivity index (χ4v) is 1.80. The molecule has 2 rings (SSSR count). The summed E-state index contributed by atoms with van der Waals surface area (Å²) in [6.45, 7) is 1.93. The van der Waals surface area contributed by atoms with Crippen molar-refractivity contribution in [3.8, 4) is 0 Å². The van der Waals surface area contributed by atoms with Gasteiger partial charge in [-0.05, 0) is 18.6 Å². The van der Waals surface area contributed by atoms with Crippen LogP contribution in [0.4, 0.5) is 5.69 Å². The van der Waals surface area contributed by atoms with Crippen molar-refractivity contribution in [3.05, 3.63) is 59.9 Å². The number of hydrogen-bond acceptors (Lipinski definition) is 4. The minimum Gasteiger partial charge on any atom is -0.345 e. The van der Waals surface area contributed by atoms with Crippen LogP contribution in [0.3, 0.4) is 0 Å². The van der Waals surface area contributed by atoms with Crippen molar-refractivity contribution in [1.82, 2.24) is 10.3 Å². The molecule has 0 aliphatic rings. The Morgan fingerprint density at radius 1 is 1.26 bits per heavy atom. The largest absolute Gasteiger partial charge is 0.345 e. The number of aromatic nitrogens is 1. The molecule has 0 aliphatic carbocycles. The minimum absolute atomic E-state index is 0.0838. The molecule has 98 valence electrons. The van der Waals surface area contributed by atoms with E-state index in [2.05, 4.69) is 15.7 Å². The summed E-state index contributed by atoms with van der Waals surface area (Å²) in [5.74, 6) is 5.16. The molecule has 1 heterocycles. The number of nitrogen functional groups attached to an aromatic ring is 1. The van der Waals surface area contributed by atoms with Crippen LogP contribution in [-0.4, -0.2) is 10.9 Å². The average Bonchev–Trinajstić information content (AvgIpc) is 2.48. The molecule has 5 nitrogen and oxygen atoms in total. The van der Waals surface area contributed by atoms with Gasteiger partial charge in [0.2, 0.25) is 0 Å². The SMILES string of the molecule is CC(NC(=O)c1cnccc1NN)c1ccccc1. The molecule has 0 saturated heterocycles. The molecular formula is C14H16N4O. The molecule has 4 N–H and O–H groups in total. The number of carbonyl (C=O) groups is 1. The Kier molecular flexibility index (Phi) is 4.10. The van der Waals surface area contributed by atoms with Gasteiger partial charge in [0.25, 0.3) is 5.91 Å². The predicted molar refractivity (Wildman–Crippen MR) is 74.4 cm³/mol. The highest BCUT2D eigenvalue weighted by atomic mass is 16.1. The van der Waals surface area contributed by atoms with Crippen LogP contribution in [0.1, 0.15) is 28.9 Å². The summed E-state index contributed by atoms with van der Waals surface area (Å²) in [6, 6.07) is 11.3. The lowest BCUT2D eigenvalue weighted by atomic mass is 10.1. The van der Waals surface area contributed by atoms with E-state index >= 15 is 0 Å². The van der Waals surface area contributed by atoms with Crippen molar-refractivity contribution in [2.75, 3.05) is 5.43 Å². The highest BCUT2D eigenvalue weighted by molar-refractivity contribution is 5.99. The van der Waals surface area contributed by atoms with E-state index in [4.69, 9.17) is 5.84 Å². The number of pyridine rings is 1. The van der Waals surface area contributed by atoms with E-state index in [1.165, 1.54) is 6.20 Å². The van der Waals surface area contributed by atoms with Crippen LogP contribution in [-0.2, 0) is 0 Å². The number of benzene rings is 1. The Bertz CT molecular complexity index is 556. The lowest BCUT2D eigenvalue weighted by Crippen LogP contribution is -2.28. The van der Waals surface area contributed by atoms with Gasteiger partial charge in [-0.15, -0.1) is 0 Å². The second kappa shape index (κ2) is 5.97. The fourth-order valence-electron chi connectivity index (χ4n) is 1.80. The molecule has 2 aromatic rings. The van der Waals surface area contributed by atoms with Gasteiger partial charge < -0.3 is 10.7 Å². The van der Waals surface area contributed by atoms with Crippen LogP contribution in [0.25, 0.3) is 0 Å². The van der Waals surface area contributed by atoms with Crippen LogP contribution in [0.2, 0.25) is 0 Å². The normalized spacial score (nSPS) is 11.7. The van der Waals surface area contributed by atoms with Crippen LogP contribution < -0.4 is 16.6 Å². The molecule has 1 aromatic carbocycles. The van der Waals surface area contributed by atoms with Gasteiger partial charge in [0.05, 0.1) is 17.3 Å². The summed E-state index contributed by atoms with van der Waals surface area (Å²) in [4.78, 5) is 16.1. The van der Waals surface area contributed by atoms with Crippen molar-refractivity contribution >= 4 is 11.6 Å². The number of hydrazine groups is 1. The van der Waals surface area contributed by atoms with Crippen molar-refractivity contribution in [1.29, 1.82) is 0 Å². The molecule has 0 radical (unpaired) electrons. The second-order valence-electron chi connectivity index (χ2n) is 4.17. The molecule has 0 bridgehead atoms. The van der Waals surface area contributed by atoms with E-state index in [1.807, 2.05) is 37.3 Å². The average molecular weight is 256 g/mol. The molecule has 0 spiro atoms. The number of rotatable bonds is 4. The number of nitrogens with one attached hydrogen (secondary N) is 2. The van der Waals surface area contributed by atoms with Crippen molar-refractivity contribution in [3.63, 3.8) is 0 Å². The van der Waals surface area contributed by atoms with E-state index in [9.17, 15) is 4.79 Å². The van der Waals surface area contributed by atoms with Crippen molar-refractivity contribution in [2.24, 2.45) is 5.84 Å². The highest BCUT2D eigenvalue weighted by Crippen LogP contribution is 2.15. The fraction of sp³-hybridized carbons (Fsp3) is 0.143. The van der Waals surface area contributed by atoms with Gasteiger partial charge in [-0.25, -0.2) is 0 Å². The number of carbonyl (C=O) groups excluding carboxylic acids is 1. The molecular weight excluding hydrogens is 240 g/mol. The van der Waals surface area contributed by atoms with E-state index in [1.54, 1.807) is 12.3 Å². The van der Waals surface area contributed by atoms with Crippen LogP contribution in [0.15, 0.2) is 48.8 Å². The first kappa shape index (κ1) is 13.0. The highest BCUT2D eigenvalue weighted by Gasteiger charge is 2.14. The Labute approximate surface area is 111 Å². The maximum absolute atomic E-state index is 12.2. The van der Waals surface area contributed by atoms with Crippen LogP contribution in [0, 0.1) is 0 Å². The maximum atomic E-state index is 12.2. The lowest BCUT2D eigenvalue weighted by Gasteiger charge is -2.15. The first-order chi connectivity index (χ1) is 9.22. The molecule has 5 heteroatoms. The van der Waals surface area contributed by atoms with Gasteiger partial charge in [-0.1, -0.05) is 30.3 Å². The Morgan fingerprint density at radius 3 is 2.68 bits per heavy atom. The van der Waals surface area contributed by atoms with Gasteiger partial charge in [-0.3, -0.25) is 15.6 Å². The zero-order chi connectivity index (χ0) is 13.7. The second-order valence-corrected chi connectivity index (χ2v) is 4.17. The number of amides is 1. The summed E-state index contributed by atoms with van der Waals surface area (Å²) in [6.07, 6.45) is 3.06. The molecule has 0 saturated carbocycles. The van der Waals surface area contributed by atoms with Crippen LogP contribution in [0.5, 0.6) is 0 Å². The molecule has 1 unspecified atom stereocenters. The summed E-state index contributed by atoms with van der Waals surface area (Å²) in [5, 5.41) is 2.91. The molecule has 0 aliphatic heterocycles. The van der Waals surface area contributed by atoms with E-state index < -0.39 is 0 Å². The number of hydrogen-bond donors (Lipinski definition) is 3. The Morgan fingerprint density at radius 2 is 2.00 bits per heavy atom. The Balaban J connectivity index is 2.13. The number of anilines is 1. The lowest BCUT2D eigenvalue weighted by molar-refractivity contribution is 0.0940. The smallest absolute Gasteiger partial charge is 0.255 e. The summed E-state index contributed by atoms with van der Waals surface area (Å²) in [5.41, 5.74) is 4.50. The summed E-state index contributed by atoms with van der Waals surface area (Å²) >= 11 is 0. The zero-order valence-electron chi connectivity index (χ0n) is 10.6. The van der Waals surface area contributed by atoms with Crippen molar-refractivity contribution < 1.29 is 4.79 Å². The molecule has 1 atom stereocenters. The van der Waals surface area contributed by atoms with E-state index in [-0.39, 0.29) is 11.9 Å². The third kappa shape index (κ3) is 3.08. The molecule has 1 amide bonds. The van der Waals surface area contributed by atoms with Gasteiger partial charge in [0.15, 0.2) is 0 Å². The van der Waals surface area contributed by atoms with Gasteiger partial charge in [-0.2, -0.15) is 0 Å². The Hall–Kier alpha value is -2.40. The van der Waals surface area contributed by atoms with Crippen LogP contribution >= 0.6 is 0 Å². The third-order valence-corrected chi connectivity index (χ3v) is 2.87.